The number of hydrogen-bond donors (Lipinski definition) is 0. The Bertz CT molecular complexity index is 1270. The number of piperazine rings is 1. The van der Waals surface area contributed by atoms with Crippen molar-refractivity contribution in [1.29, 1.82) is 0 Å². The molecule has 5 heterocycles. The average Bonchev–Trinajstić information content (AvgIpc) is 3.52. The Balaban J connectivity index is 1.46. The van der Waals surface area contributed by atoms with Crippen LogP contribution in [-0.4, -0.2) is 60.9 Å². The van der Waals surface area contributed by atoms with Gasteiger partial charge in [-0.15, -0.1) is 5.10 Å². The van der Waals surface area contributed by atoms with Crippen LogP contribution in [0.15, 0.2) is 54.9 Å². The topological polar surface area (TPSA) is 62.5 Å². The van der Waals surface area contributed by atoms with Crippen LogP contribution in [0, 0.1) is 5.82 Å². The second-order valence-electron chi connectivity index (χ2n) is 8.89. The van der Waals surface area contributed by atoms with Crippen molar-refractivity contribution in [3.8, 4) is 22.5 Å². The Morgan fingerprint density at radius 3 is 2.47 bits per heavy atom. The molecular formula is C24H24FN7. The van der Waals surface area contributed by atoms with Gasteiger partial charge in [-0.2, -0.15) is 10.2 Å². The zero-order chi connectivity index (χ0) is 21.8. The summed E-state index contributed by atoms with van der Waals surface area (Å²) >= 11 is 0. The van der Waals surface area contributed by atoms with E-state index in [1.807, 2.05) is 16.6 Å². The maximum atomic E-state index is 13.5. The predicted molar refractivity (Wildman–Crippen MR) is 121 cm³/mol. The highest BCUT2D eigenvalue weighted by Gasteiger charge is 2.44. The molecule has 2 atom stereocenters. The lowest BCUT2D eigenvalue weighted by Gasteiger charge is -2.36. The van der Waals surface area contributed by atoms with Crippen molar-refractivity contribution in [2.45, 2.75) is 38.4 Å². The van der Waals surface area contributed by atoms with Gasteiger partial charge in [0, 0.05) is 42.3 Å². The van der Waals surface area contributed by atoms with Gasteiger partial charge in [-0.05, 0) is 62.7 Å². The van der Waals surface area contributed by atoms with E-state index < -0.39 is 0 Å². The highest BCUT2D eigenvalue weighted by molar-refractivity contribution is 5.81. The van der Waals surface area contributed by atoms with E-state index in [0.717, 1.165) is 47.1 Å². The number of benzene rings is 1. The Kier molecular flexibility index (Phi) is 4.43. The number of rotatable bonds is 4. The zero-order valence-electron chi connectivity index (χ0n) is 18.1. The minimum absolute atomic E-state index is 0.274. The van der Waals surface area contributed by atoms with Crippen LogP contribution in [0.4, 0.5) is 10.2 Å². The normalized spacial score (nSPS) is 20.7. The molecule has 3 aromatic heterocycles. The minimum atomic E-state index is -0.274. The van der Waals surface area contributed by atoms with Gasteiger partial charge in [0.1, 0.15) is 17.3 Å². The summed E-state index contributed by atoms with van der Waals surface area (Å²) in [6, 6.07) is 14.0. The quantitative estimate of drug-likeness (QED) is 0.493. The van der Waals surface area contributed by atoms with Gasteiger partial charge < -0.3 is 4.90 Å². The summed E-state index contributed by atoms with van der Waals surface area (Å²) in [5.41, 5.74) is 4.02. The number of hydrogen-bond acceptors (Lipinski definition) is 6. The monoisotopic (exact) mass is 429 g/mol. The maximum Gasteiger partial charge on any atom is 0.155 e. The molecule has 4 aromatic rings. The summed E-state index contributed by atoms with van der Waals surface area (Å²) in [6.45, 7) is 6.61. The molecule has 0 spiro atoms. The van der Waals surface area contributed by atoms with Crippen LogP contribution in [0.25, 0.3) is 28.2 Å². The first-order valence-electron chi connectivity index (χ1n) is 11.0. The van der Waals surface area contributed by atoms with Gasteiger partial charge in [-0.25, -0.2) is 13.9 Å². The standard InChI is InChI=1S/C24H24FN7/c1-15(2)30-13-20-11-19(30)14-31(20)22-8-7-21-28-23(16-3-5-18(25)6-4-16)24(32(21)29-22)17-9-10-26-27-12-17/h3-10,12,15,19-20H,11,13-14H2,1-2H3. The number of fused-ring (bicyclic) bond motifs is 3. The molecule has 2 saturated heterocycles. The van der Waals surface area contributed by atoms with Crippen molar-refractivity contribution in [2.75, 3.05) is 18.0 Å². The Hall–Kier alpha value is -3.39. The molecule has 0 N–H and O–H groups in total. The fourth-order valence-electron chi connectivity index (χ4n) is 5.19. The molecule has 7 nitrogen and oxygen atoms in total. The number of aromatic nitrogens is 5. The molecule has 2 fully saturated rings. The van der Waals surface area contributed by atoms with Crippen molar-refractivity contribution >= 4 is 11.5 Å². The largest absolute Gasteiger partial charge is 0.349 e. The van der Waals surface area contributed by atoms with Crippen LogP contribution < -0.4 is 4.90 Å². The first kappa shape index (κ1) is 19.3. The molecule has 0 radical (unpaired) electrons. The SMILES string of the molecule is CC(C)N1CC2CC1CN2c1ccc2nc(-c3ccc(F)cc3)c(-c3ccnnc3)n2n1. The number of likely N-dealkylation sites (tertiary alicyclic amines) is 1. The van der Waals surface area contributed by atoms with Crippen molar-refractivity contribution in [3.63, 3.8) is 0 Å². The summed E-state index contributed by atoms with van der Waals surface area (Å²) in [6.07, 6.45) is 4.56. The highest BCUT2D eigenvalue weighted by Crippen LogP contribution is 2.36. The number of nitrogens with zero attached hydrogens (tertiary/aromatic N) is 7. The van der Waals surface area contributed by atoms with E-state index in [9.17, 15) is 4.39 Å². The first-order valence-corrected chi connectivity index (χ1v) is 11.0. The van der Waals surface area contributed by atoms with Crippen LogP contribution in [0.3, 0.4) is 0 Å². The number of halogens is 1. The average molecular weight is 430 g/mol. The second kappa shape index (κ2) is 7.34. The third kappa shape index (κ3) is 3.05. The summed E-state index contributed by atoms with van der Waals surface area (Å²) in [5, 5.41) is 13.0. The summed E-state index contributed by atoms with van der Waals surface area (Å²) in [4.78, 5) is 9.86. The maximum absolute atomic E-state index is 13.5. The van der Waals surface area contributed by atoms with Crippen LogP contribution in [0.5, 0.6) is 0 Å². The van der Waals surface area contributed by atoms with E-state index in [4.69, 9.17) is 10.1 Å². The van der Waals surface area contributed by atoms with Crippen LogP contribution in [-0.2, 0) is 0 Å². The van der Waals surface area contributed by atoms with Crippen LogP contribution >= 0.6 is 0 Å². The Morgan fingerprint density at radius 2 is 1.78 bits per heavy atom. The highest BCUT2D eigenvalue weighted by atomic mass is 19.1. The summed E-state index contributed by atoms with van der Waals surface area (Å²) in [7, 11) is 0. The third-order valence-electron chi connectivity index (χ3n) is 6.68. The van der Waals surface area contributed by atoms with E-state index >= 15 is 0 Å². The van der Waals surface area contributed by atoms with E-state index in [1.165, 1.54) is 18.6 Å². The minimum Gasteiger partial charge on any atom is -0.349 e. The number of imidazole rings is 1. The van der Waals surface area contributed by atoms with Gasteiger partial charge in [0.05, 0.1) is 18.1 Å². The molecule has 32 heavy (non-hydrogen) atoms. The van der Waals surface area contributed by atoms with E-state index in [-0.39, 0.29) is 5.82 Å². The lowest BCUT2D eigenvalue weighted by atomic mass is 10.1. The molecular weight excluding hydrogens is 405 g/mol. The van der Waals surface area contributed by atoms with Gasteiger partial charge in [-0.1, -0.05) is 0 Å². The first-order chi connectivity index (χ1) is 15.6. The third-order valence-corrected chi connectivity index (χ3v) is 6.68. The summed E-state index contributed by atoms with van der Waals surface area (Å²) < 4.78 is 15.4. The molecule has 0 amide bonds. The fourth-order valence-corrected chi connectivity index (χ4v) is 5.19. The molecule has 1 aromatic carbocycles. The number of anilines is 1. The van der Waals surface area contributed by atoms with Crippen molar-refractivity contribution in [3.05, 3.63) is 60.7 Å². The van der Waals surface area contributed by atoms with Crippen LogP contribution in [0.2, 0.25) is 0 Å². The van der Waals surface area contributed by atoms with E-state index in [1.54, 1.807) is 24.5 Å². The molecule has 162 valence electrons. The Labute approximate surface area is 185 Å². The smallest absolute Gasteiger partial charge is 0.155 e. The van der Waals surface area contributed by atoms with Crippen molar-refractivity contribution < 1.29 is 4.39 Å². The molecule has 2 aliphatic rings. The molecule has 2 bridgehead atoms. The van der Waals surface area contributed by atoms with E-state index in [0.29, 0.717) is 18.1 Å². The van der Waals surface area contributed by atoms with Gasteiger partial charge in [0.15, 0.2) is 5.65 Å². The molecule has 8 heteroatoms. The summed E-state index contributed by atoms with van der Waals surface area (Å²) in [5.74, 6) is 0.685. The molecule has 2 unspecified atom stereocenters. The second-order valence-corrected chi connectivity index (χ2v) is 8.89. The van der Waals surface area contributed by atoms with Gasteiger partial charge >= 0.3 is 0 Å². The van der Waals surface area contributed by atoms with Gasteiger partial charge in [-0.3, -0.25) is 4.90 Å². The molecule has 6 rings (SSSR count). The Morgan fingerprint density at radius 1 is 0.938 bits per heavy atom. The van der Waals surface area contributed by atoms with Crippen molar-refractivity contribution in [1.82, 2.24) is 29.7 Å². The zero-order valence-corrected chi connectivity index (χ0v) is 18.1. The van der Waals surface area contributed by atoms with Crippen LogP contribution in [0.1, 0.15) is 20.3 Å². The van der Waals surface area contributed by atoms with E-state index in [2.05, 4.69) is 39.9 Å². The van der Waals surface area contributed by atoms with Gasteiger partial charge in [0.2, 0.25) is 0 Å². The van der Waals surface area contributed by atoms with Crippen molar-refractivity contribution in [2.24, 2.45) is 0 Å². The lowest BCUT2D eigenvalue weighted by Crippen LogP contribution is -2.49. The lowest BCUT2D eigenvalue weighted by molar-refractivity contribution is 0.191. The molecule has 0 saturated carbocycles. The fraction of sp³-hybridized carbons (Fsp3) is 0.333. The molecule has 0 aliphatic carbocycles. The predicted octanol–water partition coefficient (Wildman–Crippen LogP) is 3.66. The van der Waals surface area contributed by atoms with Gasteiger partial charge in [0.25, 0.3) is 0 Å². The molecule has 2 aliphatic heterocycles.